The number of fused-ring (bicyclic) bond motifs is 1. The van der Waals surface area contributed by atoms with E-state index in [9.17, 15) is 18.7 Å². The minimum absolute atomic E-state index is 0.0343. The Bertz CT molecular complexity index is 1710. The van der Waals surface area contributed by atoms with Crippen LogP contribution in [0.4, 0.5) is 30.9 Å². The highest BCUT2D eigenvalue weighted by Crippen LogP contribution is 2.32. The molecule has 204 valence electrons. The fourth-order valence-electron chi connectivity index (χ4n) is 4.63. The summed E-state index contributed by atoms with van der Waals surface area (Å²) in [6.45, 7) is 3.99. The number of hydrogen-bond acceptors (Lipinski definition) is 7. The number of carboxylic acid groups (broad SMARTS) is 1. The van der Waals surface area contributed by atoms with Crippen LogP contribution < -0.4 is 16.4 Å². The molecule has 5 rings (SSSR count). The van der Waals surface area contributed by atoms with Crippen molar-refractivity contribution in [2.24, 2.45) is 0 Å². The summed E-state index contributed by atoms with van der Waals surface area (Å²) in [6.07, 6.45) is -0.192. The van der Waals surface area contributed by atoms with Crippen LogP contribution in [0, 0.1) is 11.6 Å². The molecule has 1 amide bonds. The topological polar surface area (TPSA) is 149 Å². The molecule has 0 atom stereocenters. The number of pyridine rings is 1. The van der Waals surface area contributed by atoms with Crippen molar-refractivity contribution in [1.82, 2.24) is 24.7 Å². The van der Waals surface area contributed by atoms with Crippen molar-refractivity contribution in [2.75, 3.05) is 16.4 Å². The lowest BCUT2D eigenvalue weighted by Crippen LogP contribution is -2.31. The monoisotopic (exact) mass is 544 g/mol. The van der Waals surface area contributed by atoms with Crippen LogP contribution in [0.5, 0.6) is 0 Å². The molecule has 0 unspecified atom stereocenters. The molecule has 0 spiro atoms. The number of hydrogen-bond donors (Lipinski definition) is 3. The maximum absolute atomic E-state index is 14.4. The smallest absolute Gasteiger partial charge is 0.412 e. The Labute approximate surface area is 227 Å². The van der Waals surface area contributed by atoms with E-state index in [4.69, 9.17) is 11.5 Å². The van der Waals surface area contributed by atoms with Crippen LogP contribution in [0.2, 0.25) is 0 Å². The van der Waals surface area contributed by atoms with Gasteiger partial charge in [0.25, 0.3) is 5.95 Å². The van der Waals surface area contributed by atoms with Crippen LogP contribution in [0.3, 0.4) is 0 Å². The van der Waals surface area contributed by atoms with Gasteiger partial charge in [-0.1, -0.05) is 56.3 Å². The van der Waals surface area contributed by atoms with Gasteiger partial charge in [0.15, 0.2) is 11.6 Å². The minimum Gasteiger partial charge on any atom is -0.465 e. The van der Waals surface area contributed by atoms with Gasteiger partial charge in [0.2, 0.25) is 0 Å². The van der Waals surface area contributed by atoms with Crippen LogP contribution >= 0.6 is 0 Å². The molecule has 0 saturated heterocycles. The third kappa shape index (κ3) is 4.98. The molecule has 0 bridgehead atoms. The van der Waals surface area contributed by atoms with E-state index in [1.165, 1.54) is 16.8 Å². The van der Waals surface area contributed by atoms with E-state index >= 15 is 0 Å². The van der Waals surface area contributed by atoms with Crippen molar-refractivity contribution in [1.29, 1.82) is 0 Å². The zero-order valence-corrected chi connectivity index (χ0v) is 21.7. The first kappa shape index (κ1) is 26.5. The molecule has 0 fully saturated rings. The Morgan fingerprint density at radius 3 is 2.33 bits per heavy atom. The molecule has 5 aromatic rings. The minimum atomic E-state index is -1.30. The molecule has 10 nitrogen and oxygen atoms in total. The molecule has 0 aliphatic heterocycles. The van der Waals surface area contributed by atoms with Gasteiger partial charge >= 0.3 is 6.09 Å². The van der Waals surface area contributed by atoms with E-state index in [1.54, 1.807) is 18.2 Å². The maximum atomic E-state index is 14.4. The van der Waals surface area contributed by atoms with Gasteiger partial charge in [-0.3, -0.25) is 4.90 Å². The molecule has 12 heteroatoms. The second-order valence-electron chi connectivity index (χ2n) is 9.51. The number of nitrogens with zero attached hydrogens (tertiary/aromatic N) is 6. The highest BCUT2D eigenvalue weighted by molar-refractivity contribution is 5.94. The number of nitrogen functional groups attached to an aromatic ring is 2. The number of amides is 1. The molecule has 0 aliphatic carbocycles. The molecule has 2 aromatic carbocycles. The molecular formula is C28H26F2N8O2. The zero-order chi connectivity index (χ0) is 28.6. The first-order valence-corrected chi connectivity index (χ1v) is 12.4. The van der Waals surface area contributed by atoms with Gasteiger partial charge in [-0.25, -0.2) is 18.6 Å². The average molecular weight is 545 g/mol. The molecule has 40 heavy (non-hydrogen) atoms. The Balaban J connectivity index is 1.59. The molecular weight excluding hydrogens is 518 g/mol. The molecule has 0 aliphatic rings. The van der Waals surface area contributed by atoms with Crippen LogP contribution in [0.15, 0.2) is 60.8 Å². The van der Waals surface area contributed by atoms with E-state index in [-0.39, 0.29) is 47.7 Å². The molecule has 3 heterocycles. The van der Waals surface area contributed by atoms with E-state index in [0.717, 1.165) is 22.2 Å². The van der Waals surface area contributed by atoms with Gasteiger partial charge in [-0.15, -0.1) is 0 Å². The Morgan fingerprint density at radius 2 is 1.68 bits per heavy atom. The standard InChI is InChI=1S/C28H26F2N8O2/c1-15(2)19-9-5-3-8-17(19)14-37(28(39)40)24-25(31)34-27(35-26(24)32)38-22-12-18(29)13-33-23(22)21(36-38)11-16-7-4-6-10-20(16)30/h3-10,12-13,15H,11,14H2,1-2H3,(H,39,40)(H4,31,32,34,35). The normalized spacial score (nSPS) is 11.3. The first-order chi connectivity index (χ1) is 19.1. The molecule has 0 saturated carbocycles. The summed E-state index contributed by atoms with van der Waals surface area (Å²) in [5.41, 5.74) is 15.4. The van der Waals surface area contributed by atoms with Gasteiger partial charge in [0.1, 0.15) is 22.8 Å². The Morgan fingerprint density at radius 1 is 1.02 bits per heavy atom. The van der Waals surface area contributed by atoms with E-state index in [1.807, 2.05) is 38.1 Å². The van der Waals surface area contributed by atoms with Crippen molar-refractivity contribution in [3.8, 4) is 5.95 Å². The van der Waals surface area contributed by atoms with Crippen LogP contribution in [0.25, 0.3) is 17.0 Å². The summed E-state index contributed by atoms with van der Waals surface area (Å²) in [5, 5.41) is 14.5. The van der Waals surface area contributed by atoms with E-state index in [0.29, 0.717) is 16.8 Å². The van der Waals surface area contributed by atoms with Gasteiger partial charge < -0.3 is 16.6 Å². The largest absolute Gasteiger partial charge is 0.465 e. The number of halogens is 2. The van der Waals surface area contributed by atoms with Crippen molar-refractivity contribution in [3.05, 3.63) is 94.8 Å². The number of rotatable bonds is 7. The third-order valence-electron chi connectivity index (χ3n) is 6.49. The van der Waals surface area contributed by atoms with Crippen LogP contribution in [0.1, 0.15) is 42.1 Å². The third-order valence-corrected chi connectivity index (χ3v) is 6.49. The van der Waals surface area contributed by atoms with Crippen LogP contribution in [-0.4, -0.2) is 35.9 Å². The average Bonchev–Trinajstić information content (AvgIpc) is 3.26. The maximum Gasteiger partial charge on any atom is 0.412 e. The Kier molecular flexibility index (Phi) is 6.99. The van der Waals surface area contributed by atoms with E-state index in [2.05, 4.69) is 20.1 Å². The Hall–Kier alpha value is -5.13. The SMILES string of the molecule is CC(C)c1ccccc1CN(C(=O)O)c1c(N)nc(-n2nc(Cc3ccccc3F)c3ncc(F)cc32)nc1N. The fourth-order valence-corrected chi connectivity index (χ4v) is 4.63. The number of carbonyl (C=O) groups is 1. The molecule has 0 radical (unpaired) electrons. The second-order valence-corrected chi connectivity index (χ2v) is 9.51. The predicted octanol–water partition coefficient (Wildman–Crippen LogP) is 5.05. The summed E-state index contributed by atoms with van der Waals surface area (Å²) in [7, 11) is 0. The summed E-state index contributed by atoms with van der Waals surface area (Å²) in [4.78, 5) is 26.0. The highest BCUT2D eigenvalue weighted by Gasteiger charge is 2.26. The number of aromatic nitrogens is 5. The lowest BCUT2D eigenvalue weighted by molar-refractivity contribution is 0.201. The number of nitrogens with two attached hydrogens (primary N) is 2. The van der Waals surface area contributed by atoms with Gasteiger partial charge in [0.05, 0.1) is 24.0 Å². The van der Waals surface area contributed by atoms with E-state index < -0.39 is 17.7 Å². The number of benzene rings is 2. The zero-order valence-electron chi connectivity index (χ0n) is 21.7. The molecule has 5 N–H and O–H groups in total. The second kappa shape index (κ2) is 10.6. The summed E-state index contributed by atoms with van der Waals surface area (Å²) in [6, 6.07) is 14.9. The van der Waals surface area contributed by atoms with Crippen LogP contribution in [-0.2, 0) is 13.0 Å². The number of anilines is 3. The van der Waals surface area contributed by atoms with Gasteiger partial charge in [-0.05, 0) is 28.7 Å². The summed E-state index contributed by atoms with van der Waals surface area (Å²) < 4.78 is 29.8. The van der Waals surface area contributed by atoms with Crippen molar-refractivity contribution < 1.29 is 18.7 Å². The van der Waals surface area contributed by atoms with Crippen molar-refractivity contribution >= 4 is 34.4 Å². The highest BCUT2D eigenvalue weighted by atomic mass is 19.1. The summed E-state index contributed by atoms with van der Waals surface area (Å²) in [5.74, 6) is -1.45. The lowest BCUT2D eigenvalue weighted by atomic mass is 9.97. The van der Waals surface area contributed by atoms with Crippen molar-refractivity contribution in [3.63, 3.8) is 0 Å². The lowest BCUT2D eigenvalue weighted by Gasteiger charge is -2.24. The predicted molar refractivity (Wildman–Crippen MR) is 147 cm³/mol. The van der Waals surface area contributed by atoms with Gasteiger partial charge in [0, 0.05) is 12.5 Å². The van der Waals surface area contributed by atoms with Crippen molar-refractivity contribution in [2.45, 2.75) is 32.7 Å². The summed E-state index contributed by atoms with van der Waals surface area (Å²) >= 11 is 0. The fraction of sp³-hybridized carbons (Fsp3) is 0.179. The first-order valence-electron chi connectivity index (χ1n) is 12.4. The van der Waals surface area contributed by atoms with Gasteiger partial charge in [-0.2, -0.15) is 19.7 Å². The quantitative estimate of drug-likeness (QED) is 0.258. The molecule has 3 aromatic heterocycles.